The summed E-state index contributed by atoms with van der Waals surface area (Å²) in [5, 5.41) is 0. The number of pyridine rings is 1. The fourth-order valence-electron chi connectivity index (χ4n) is 1.53. The van der Waals surface area contributed by atoms with Gasteiger partial charge in [0.15, 0.2) is 5.65 Å². The van der Waals surface area contributed by atoms with Gasteiger partial charge in [-0.15, -0.1) is 0 Å². The summed E-state index contributed by atoms with van der Waals surface area (Å²) in [6.45, 7) is 4.01. The quantitative estimate of drug-likeness (QED) is 0.849. The molecule has 4 heteroatoms. The first-order valence-electron chi connectivity index (χ1n) is 4.48. The van der Waals surface area contributed by atoms with Crippen LogP contribution >= 0.6 is 15.9 Å². The SMILES string of the molecule is Cc1cc(Br)c2ncc(C(C)N)n2c1. The van der Waals surface area contributed by atoms with E-state index < -0.39 is 0 Å². The van der Waals surface area contributed by atoms with E-state index >= 15 is 0 Å². The monoisotopic (exact) mass is 253 g/mol. The molecule has 0 bridgehead atoms. The Morgan fingerprint density at radius 3 is 2.93 bits per heavy atom. The van der Waals surface area contributed by atoms with Crippen LogP contribution in [0.15, 0.2) is 22.9 Å². The maximum atomic E-state index is 5.85. The van der Waals surface area contributed by atoms with E-state index in [2.05, 4.69) is 27.8 Å². The lowest BCUT2D eigenvalue weighted by molar-refractivity contribution is 0.768. The summed E-state index contributed by atoms with van der Waals surface area (Å²) in [7, 11) is 0. The van der Waals surface area contributed by atoms with Gasteiger partial charge in [0.1, 0.15) is 0 Å². The number of imidazole rings is 1. The molecule has 0 spiro atoms. The van der Waals surface area contributed by atoms with Crippen LogP contribution in [0.5, 0.6) is 0 Å². The predicted molar refractivity (Wildman–Crippen MR) is 60.2 cm³/mol. The maximum absolute atomic E-state index is 5.85. The van der Waals surface area contributed by atoms with Crippen molar-refractivity contribution < 1.29 is 0 Å². The minimum atomic E-state index is -0.00120. The van der Waals surface area contributed by atoms with Gasteiger partial charge in [0.05, 0.1) is 16.4 Å². The zero-order valence-electron chi connectivity index (χ0n) is 8.16. The first-order valence-corrected chi connectivity index (χ1v) is 5.27. The van der Waals surface area contributed by atoms with E-state index in [9.17, 15) is 0 Å². The third-order valence-electron chi connectivity index (χ3n) is 2.19. The minimum absolute atomic E-state index is 0.00120. The van der Waals surface area contributed by atoms with Gasteiger partial charge in [0, 0.05) is 12.2 Å². The van der Waals surface area contributed by atoms with Gasteiger partial charge in [-0.2, -0.15) is 0 Å². The number of halogens is 1. The Balaban J connectivity index is 2.78. The molecular formula is C10H12BrN3. The number of aryl methyl sites for hydroxylation is 1. The molecule has 0 radical (unpaired) electrons. The molecule has 0 aliphatic heterocycles. The predicted octanol–water partition coefficient (Wildman–Crippen LogP) is 2.42. The van der Waals surface area contributed by atoms with E-state index in [0.29, 0.717) is 0 Å². The van der Waals surface area contributed by atoms with E-state index in [4.69, 9.17) is 5.73 Å². The molecule has 0 saturated heterocycles. The standard InChI is InChI=1S/C10H12BrN3/c1-6-3-8(11)10-13-4-9(7(2)12)14(10)5-6/h3-5,7H,12H2,1-2H3. The summed E-state index contributed by atoms with van der Waals surface area (Å²) in [5.74, 6) is 0. The second-order valence-electron chi connectivity index (χ2n) is 3.53. The summed E-state index contributed by atoms with van der Waals surface area (Å²) < 4.78 is 3.04. The molecule has 0 aliphatic carbocycles. The van der Waals surface area contributed by atoms with E-state index in [-0.39, 0.29) is 6.04 Å². The highest BCUT2D eigenvalue weighted by molar-refractivity contribution is 9.10. The van der Waals surface area contributed by atoms with E-state index in [1.807, 2.05) is 29.8 Å². The number of rotatable bonds is 1. The van der Waals surface area contributed by atoms with Crippen molar-refractivity contribution in [3.63, 3.8) is 0 Å². The first-order chi connectivity index (χ1) is 6.59. The molecule has 1 atom stereocenters. The molecule has 2 heterocycles. The van der Waals surface area contributed by atoms with Crippen molar-refractivity contribution in [1.29, 1.82) is 0 Å². The van der Waals surface area contributed by atoms with Crippen LogP contribution in [-0.2, 0) is 0 Å². The zero-order valence-corrected chi connectivity index (χ0v) is 9.75. The second-order valence-corrected chi connectivity index (χ2v) is 4.39. The van der Waals surface area contributed by atoms with Crippen molar-refractivity contribution in [3.05, 3.63) is 34.2 Å². The molecule has 0 aliphatic rings. The van der Waals surface area contributed by atoms with Gasteiger partial charge >= 0.3 is 0 Å². The van der Waals surface area contributed by atoms with Crippen LogP contribution in [0, 0.1) is 6.92 Å². The van der Waals surface area contributed by atoms with Gasteiger partial charge in [-0.1, -0.05) is 0 Å². The lowest BCUT2D eigenvalue weighted by atomic mass is 10.2. The third-order valence-corrected chi connectivity index (χ3v) is 2.78. The lowest BCUT2D eigenvalue weighted by Gasteiger charge is -2.06. The van der Waals surface area contributed by atoms with Gasteiger partial charge in [-0.3, -0.25) is 0 Å². The topological polar surface area (TPSA) is 43.3 Å². The first kappa shape index (κ1) is 9.68. The van der Waals surface area contributed by atoms with Crippen molar-refractivity contribution >= 4 is 21.6 Å². The third kappa shape index (κ3) is 1.44. The normalized spacial score (nSPS) is 13.4. The Morgan fingerprint density at radius 2 is 2.29 bits per heavy atom. The smallest absolute Gasteiger partial charge is 0.151 e. The highest BCUT2D eigenvalue weighted by Crippen LogP contribution is 2.21. The van der Waals surface area contributed by atoms with Crippen LogP contribution in [0.2, 0.25) is 0 Å². The summed E-state index contributed by atoms with van der Waals surface area (Å²) >= 11 is 3.49. The number of hydrogen-bond acceptors (Lipinski definition) is 2. The molecule has 0 saturated carbocycles. The van der Waals surface area contributed by atoms with Crippen LogP contribution in [0.25, 0.3) is 5.65 Å². The largest absolute Gasteiger partial charge is 0.323 e. The minimum Gasteiger partial charge on any atom is -0.323 e. The molecular weight excluding hydrogens is 242 g/mol. The van der Waals surface area contributed by atoms with Gasteiger partial charge < -0.3 is 10.1 Å². The van der Waals surface area contributed by atoms with Crippen LogP contribution < -0.4 is 5.73 Å². The van der Waals surface area contributed by atoms with Crippen LogP contribution in [0.1, 0.15) is 24.2 Å². The number of hydrogen-bond donors (Lipinski definition) is 1. The van der Waals surface area contributed by atoms with Gasteiger partial charge in [0.2, 0.25) is 0 Å². The van der Waals surface area contributed by atoms with Crippen molar-refractivity contribution in [1.82, 2.24) is 9.38 Å². The maximum Gasteiger partial charge on any atom is 0.151 e. The fourth-order valence-corrected chi connectivity index (χ4v) is 2.18. The van der Waals surface area contributed by atoms with Crippen molar-refractivity contribution in [2.45, 2.75) is 19.9 Å². The molecule has 2 aromatic rings. The summed E-state index contributed by atoms with van der Waals surface area (Å²) in [4.78, 5) is 4.32. The van der Waals surface area contributed by atoms with Gasteiger partial charge in [0.25, 0.3) is 0 Å². The number of aromatic nitrogens is 2. The number of fused-ring (bicyclic) bond motifs is 1. The Kier molecular flexibility index (Phi) is 2.33. The summed E-state index contributed by atoms with van der Waals surface area (Å²) in [5.41, 5.74) is 8.98. The van der Waals surface area contributed by atoms with E-state index in [0.717, 1.165) is 15.8 Å². The molecule has 14 heavy (non-hydrogen) atoms. The van der Waals surface area contributed by atoms with Crippen LogP contribution in [-0.4, -0.2) is 9.38 Å². The number of nitrogens with zero attached hydrogens (tertiary/aromatic N) is 2. The lowest BCUT2D eigenvalue weighted by Crippen LogP contribution is -2.08. The van der Waals surface area contributed by atoms with Crippen molar-refractivity contribution in [2.75, 3.05) is 0 Å². The highest BCUT2D eigenvalue weighted by Gasteiger charge is 2.09. The molecule has 2 rings (SSSR count). The van der Waals surface area contributed by atoms with Gasteiger partial charge in [-0.25, -0.2) is 4.98 Å². The second kappa shape index (κ2) is 3.37. The fraction of sp³-hybridized carbons (Fsp3) is 0.300. The highest BCUT2D eigenvalue weighted by atomic mass is 79.9. The van der Waals surface area contributed by atoms with Crippen molar-refractivity contribution in [3.8, 4) is 0 Å². The van der Waals surface area contributed by atoms with Crippen molar-refractivity contribution in [2.24, 2.45) is 5.73 Å². The molecule has 2 aromatic heterocycles. The van der Waals surface area contributed by atoms with Crippen LogP contribution in [0.3, 0.4) is 0 Å². The Morgan fingerprint density at radius 1 is 1.57 bits per heavy atom. The average Bonchev–Trinajstić information content (AvgIpc) is 2.47. The zero-order chi connectivity index (χ0) is 10.3. The van der Waals surface area contributed by atoms with Gasteiger partial charge in [-0.05, 0) is 41.4 Å². The molecule has 1 unspecified atom stereocenters. The summed E-state index contributed by atoms with van der Waals surface area (Å²) in [6, 6.07) is 2.05. The molecule has 0 fully saturated rings. The molecule has 3 nitrogen and oxygen atoms in total. The molecule has 74 valence electrons. The Bertz CT molecular complexity index is 473. The molecule has 0 amide bonds. The summed E-state index contributed by atoms with van der Waals surface area (Å²) in [6.07, 6.45) is 3.87. The molecule has 0 aromatic carbocycles. The molecule has 2 N–H and O–H groups in total. The van der Waals surface area contributed by atoms with E-state index in [1.54, 1.807) is 0 Å². The Labute approximate surface area is 91.1 Å². The van der Waals surface area contributed by atoms with Crippen LogP contribution in [0.4, 0.5) is 0 Å². The Hall–Kier alpha value is -0.870. The van der Waals surface area contributed by atoms with E-state index in [1.165, 1.54) is 5.56 Å². The average molecular weight is 254 g/mol. The number of nitrogens with two attached hydrogens (primary N) is 1.